The molecule has 0 unspecified atom stereocenters. The van der Waals surface area contributed by atoms with E-state index in [0.29, 0.717) is 13.0 Å². The van der Waals surface area contributed by atoms with Crippen molar-refractivity contribution >= 4 is 11.8 Å². The first-order valence-electron chi connectivity index (χ1n) is 12.6. The van der Waals surface area contributed by atoms with Gasteiger partial charge in [-0.25, -0.2) is 0 Å². The second-order valence-corrected chi connectivity index (χ2v) is 10.0. The van der Waals surface area contributed by atoms with Gasteiger partial charge in [-0.2, -0.15) is 0 Å². The predicted molar refractivity (Wildman–Crippen MR) is 130 cm³/mol. The van der Waals surface area contributed by atoms with Gasteiger partial charge in [0.05, 0.1) is 12.0 Å². The second kappa shape index (κ2) is 9.68. The number of benzene rings is 2. The van der Waals surface area contributed by atoms with Crippen molar-refractivity contribution in [1.29, 1.82) is 0 Å². The quantitative estimate of drug-likeness (QED) is 0.682. The zero-order valence-electron chi connectivity index (χ0n) is 19.5. The van der Waals surface area contributed by atoms with Gasteiger partial charge in [0.15, 0.2) is 0 Å². The molecule has 3 aliphatic heterocycles. The topological polar surface area (TPSA) is 43.9 Å². The van der Waals surface area contributed by atoms with E-state index in [4.69, 9.17) is 0 Å². The molecule has 5 heteroatoms. The lowest BCUT2D eigenvalue weighted by Crippen LogP contribution is -2.57. The fourth-order valence-corrected chi connectivity index (χ4v) is 5.86. The van der Waals surface area contributed by atoms with Gasteiger partial charge in [-0.3, -0.25) is 14.5 Å². The van der Waals surface area contributed by atoms with Crippen LogP contribution in [-0.4, -0.2) is 58.2 Å². The van der Waals surface area contributed by atoms with Crippen LogP contribution < -0.4 is 0 Å². The van der Waals surface area contributed by atoms with E-state index in [9.17, 15) is 9.59 Å². The van der Waals surface area contributed by atoms with E-state index in [-0.39, 0.29) is 11.8 Å². The van der Waals surface area contributed by atoms with Crippen molar-refractivity contribution < 1.29 is 9.59 Å². The maximum absolute atomic E-state index is 13.5. The summed E-state index contributed by atoms with van der Waals surface area (Å²) in [5, 5.41) is 0. The van der Waals surface area contributed by atoms with Gasteiger partial charge >= 0.3 is 0 Å². The van der Waals surface area contributed by atoms with Gasteiger partial charge < -0.3 is 9.80 Å². The number of carbonyl (C=O) groups is 2. The number of rotatable bonds is 5. The Morgan fingerprint density at radius 2 is 1.48 bits per heavy atom. The molecule has 5 nitrogen and oxygen atoms in total. The minimum absolute atomic E-state index is 0.103. The van der Waals surface area contributed by atoms with Gasteiger partial charge in [-0.05, 0) is 42.9 Å². The Labute approximate surface area is 197 Å². The third-order valence-electron chi connectivity index (χ3n) is 7.87. The summed E-state index contributed by atoms with van der Waals surface area (Å²) >= 11 is 0. The molecule has 0 saturated carbocycles. The van der Waals surface area contributed by atoms with E-state index in [0.717, 1.165) is 69.5 Å². The third kappa shape index (κ3) is 4.70. The summed E-state index contributed by atoms with van der Waals surface area (Å²) in [6.07, 6.45) is 6.76. The van der Waals surface area contributed by atoms with Crippen LogP contribution in [0.3, 0.4) is 0 Å². The lowest BCUT2D eigenvalue weighted by atomic mass is 9.81. The number of likely N-dealkylation sites (tertiary alicyclic amines) is 2. The average Bonchev–Trinajstić information content (AvgIpc) is 3.01. The molecule has 2 fully saturated rings. The average molecular weight is 446 g/mol. The number of carbonyl (C=O) groups excluding carboxylic acids is 2. The summed E-state index contributed by atoms with van der Waals surface area (Å²) in [6, 6.07) is 18.5. The van der Waals surface area contributed by atoms with Crippen molar-refractivity contribution in [1.82, 2.24) is 14.7 Å². The zero-order valence-corrected chi connectivity index (χ0v) is 19.5. The van der Waals surface area contributed by atoms with E-state index < -0.39 is 5.54 Å². The fraction of sp³-hybridized carbons (Fsp3) is 0.500. The second-order valence-electron chi connectivity index (χ2n) is 10.0. The molecular weight excluding hydrogens is 410 g/mol. The molecule has 0 aromatic heterocycles. The van der Waals surface area contributed by atoms with Crippen molar-refractivity contribution in [2.75, 3.05) is 26.2 Å². The van der Waals surface area contributed by atoms with Gasteiger partial charge in [0.1, 0.15) is 0 Å². The van der Waals surface area contributed by atoms with E-state index in [1.807, 2.05) is 23.1 Å². The van der Waals surface area contributed by atoms with Gasteiger partial charge in [0.2, 0.25) is 5.91 Å². The molecule has 33 heavy (non-hydrogen) atoms. The van der Waals surface area contributed by atoms with Crippen LogP contribution in [0.1, 0.15) is 66.4 Å². The highest BCUT2D eigenvalue weighted by molar-refractivity contribution is 5.99. The molecule has 0 atom stereocenters. The highest BCUT2D eigenvalue weighted by Gasteiger charge is 2.47. The Bertz CT molecular complexity index is 974. The normalized spacial score (nSPS) is 21.0. The van der Waals surface area contributed by atoms with E-state index in [2.05, 4.69) is 46.2 Å². The Morgan fingerprint density at radius 3 is 2.18 bits per heavy atom. The van der Waals surface area contributed by atoms with Crippen LogP contribution in [-0.2, 0) is 17.9 Å². The first-order valence-corrected chi connectivity index (χ1v) is 12.6. The lowest BCUT2D eigenvalue weighted by Gasteiger charge is -2.47. The smallest absolute Gasteiger partial charge is 0.254 e. The van der Waals surface area contributed by atoms with Crippen molar-refractivity contribution in [3.8, 4) is 0 Å². The number of piperidine rings is 1. The van der Waals surface area contributed by atoms with Crippen LogP contribution in [0.25, 0.3) is 0 Å². The fourth-order valence-electron chi connectivity index (χ4n) is 5.86. The molecule has 0 radical (unpaired) electrons. The maximum Gasteiger partial charge on any atom is 0.254 e. The maximum atomic E-state index is 13.5. The first kappa shape index (κ1) is 22.1. The lowest BCUT2D eigenvalue weighted by molar-refractivity contribution is -0.135. The molecule has 0 bridgehead atoms. The summed E-state index contributed by atoms with van der Waals surface area (Å²) in [7, 11) is 0. The summed E-state index contributed by atoms with van der Waals surface area (Å²) < 4.78 is 0. The molecule has 3 aliphatic rings. The standard InChI is InChI=1S/C28H35N3O2/c32-26(30-16-8-1-2-9-17-30)20-28(31-22-24-12-6-7-13-25(24)27(31)33)14-18-29(19-15-28)21-23-10-4-3-5-11-23/h3-7,10-13H,1-2,8-9,14-22H2. The third-order valence-corrected chi connectivity index (χ3v) is 7.87. The van der Waals surface area contributed by atoms with Crippen molar-refractivity contribution in [2.45, 2.75) is 63.6 Å². The number of amides is 2. The van der Waals surface area contributed by atoms with Crippen LogP contribution >= 0.6 is 0 Å². The Morgan fingerprint density at radius 1 is 0.818 bits per heavy atom. The molecule has 2 aromatic rings. The number of fused-ring (bicyclic) bond motifs is 1. The summed E-state index contributed by atoms with van der Waals surface area (Å²) in [5.74, 6) is 0.336. The van der Waals surface area contributed by atoms with Crippen LogP contribution in [0.4, 0.5) is 0 Å². The van der Waals surface area contributed by atoms with Crippen molar-refractivity contribution in [3.05, 3.63) is 71.3 Å². The molecule has 2 saturated heterocycles. The molecule has 174 valence electrons. The van der Waals surface area contributed by atoms with Crippen LogP contribution in [0.5, 0.6) is 0 Å². The van der Waals surface area contributed by atoms with E-state index >= 15 is 0 Å². The highest BCUT2D eigenvalue weighted by atomic mass is 16.2. The Hall–Kier alpha value is -2.66. The van der Waals surface area contributed by atoms with Gasteiger partial charge in [-0.15, -0.1) is 0 Å². The monoisotopic (exact) mass is 445 g/mol. The van der Waals surface area contributed by atoms with Gasteiger partial charge in [0.25, 0.3) is 5.91 Å². The number of hydrogen-bond acceptors (Lipinski definition) is 3. The number of nitrogens with zero attached hydrogens (tertiary/aromatic N) is 3. The molecule has 0 aliphatic carbocycles. The number of hydrogen-bond donors (Lipinski definition) is 0. The first-order chi connectivity index (χ1) is 16.1. The summed E-state index contributed by atoms with van der Waals surface area (Å²) in [5.41, 5.74) is 2.82. The molecule has 0 N–H and O–H groups in total. The summed E-state index contributed by atoms with van der Waals surface area (Å²) in [6.45, 7) is 5.09. The molecule has 2 aromatic carbocycles. The minimum atomic E-state index is -0.396. The Balaban J connectivity index is 1.35. The van der Waals surface area contributed by atoms with E-state index in [1.165, 1.54) is 18.4 Å². The largest absolute Gasteiger partial charge is 0.343 e. The van der Waals surface area contributed by atoms with Crippen molar-refractivity contribution in [3.63, 3.8) is 0 Å². The molecule has 2 amide bonds. The molecule has 5 rings (SSSR count). The van der Waals surface area contributed by atoms with Crippen LogP contribution in [0.2, 0.25) is 0 Å². The molecular formula is C28H35N3O2. The van der Waals surface area contributed by atoms with E-state index in [1.54, 1.807) is 0 Å². The molecule has 3 heterocycles. The van der Waals surface area contributed by atoms with Gasteiger partial charge in [-0.1, -0.05) is 61.4 Å². The minimum Gasteiger partial charge on any atom is -0.343 e. The molecule has 0 spiro atoms. The van der Waals surface area contributed by atoms with Gasteiger partial charge in [0, 0.05) is 44.8 Å². The van der Waals surface area contributed by atoms with Crippen LogP contribution in [0.15, 0.2) is 54.6 Å². The Kier molecular flexibility index (Phi) is 6.50. The van der Waals surface area contributed by atoms with Crippen LogP contribution in [0, 0.1) is 0 Å². The summed E-state index contributed by atoms with van der Waals surface area (Å²) in [4.78, 5) is 33.6. The zero-order chi connectivity index (χ0) is 22.7. The highest BCUT2D eigenvalue weighted by Crippen LogP contribution is 2.39. The van der Waals surface area contributed by atoms with Crippen molar-refractivity contribution in [2.24, 2.45) is 0 Å². The SMILES string of the molecule is O=C(CC1(N2Cc3ccccc3C2=O)CCN(Cc2ccccc2)CC1)N1CCCCCC1. The predicted octanol–water partition coefficient (Wildman–Crippen LogP) is 4.47.